The van der Waals surface area contributed by atoms with Crippen molar-refractivity contribution in [3.05, 3.63) is 35.4 Å². The number of hydrogen-bond donors (Lipinski definition) is 1. The predicted molar refractivity (Wildman–Crippen MR) is 79.5 cm³/mol. The molecule has 0 saturated carbocycles. The van der Waals surface area contributed by atoms with Gasteiger partial charge in [0.1, 0.15) is 0 Å². The van der Waals surface area contributed by atoms with Gasteiger partial charge in [0.2, 0.25) is 10.0 Å². The molecule has 0 radical (unpaired) electrons. The van der Waals surface area contributed by atoms with Crippen LogP contribution in [-0.2, 0) is 20.5 Å². The van der Waals surface area contributed by atoms with E-state index < -0.39 is 16.0 Å². The molecule has 1 aliphatic rings. The van der Waals surface area contributed by atoms with Crippen LogP contribution in [0, 0.1) is 0 Å². The summed E-state index contributed by atoms with van der Waals surface area (Å²) in [6.07, 6.45) is 0.790. The minimum atomic E-state index is -3.44. The number of carbonyl (C=O) groups is 1. The van der Waals surface area contributed by atoms with Gasteiger partial charge in [0.25, 0.3) is 0 Å². The van der Waals surface area contributed by atoms with E-state index in [4.69, 9.17) is 4.74 Å². The Morgan fingerprint density at radius 1 is 1.29 bits per heavy atom. The zero-order chi connectivity index (χ0) is 15.3. The molecule has 1 fully saturated rings. The standard InChI is InChI=1S/C14H20N2O4S/c1-20-14(17)13-6-3-2-5-12(13)11-21(18,19)16-9-4-7-15-8-10-16/h2-3,5-6,15H,4,7-11H2,1H3. The van der Waals surface area contributed by atoms with Crippen LogP contribution in [-0.4, -0.2) is 52.0 Å². The molecule has 1 saturated heterocycles. The van der Waals surface area contributed by atoms with Crippen LogP contribution in [0.3, 0.4) is 0 Å². The summed E-state index contributed by atoms with van der Waals surface area (Å²) in [5.41, 5.74) is 0.776. The van der Waals surface area contributed by atoms with Crippen LogP contribution in [0.25, 0.3) is 0 Å². The molecule has 0 unspecified atom stereocenters. The fourth-order valence-electron chi connectivity index (χ4n) is 2.34. The topological polar surface area (TPSA) is 75.7 Å². The molecule has 0 bridgehead atoms. The van der Waals surface area contributed by atoms with Crippen molar-refractivity contribution in [3.63, 3.8) is 0 Å². The van der Waals surface area contributed by atoms with Gasteiger partial charge in [-0.05, 0) is 24.6 Å². The first kappa shape index (κ1) is 15.9. The van der Waals surface area contributed by atoms with E-state index in [2.05, 4.69) is 5.32 Å². The lowest BCUT2D eigenvalue weighted by Gasteiger charge is -2.20. The van der Waals surface area contributed by atoms with E-state index in [0.717, 1.165) is 13.0 Å². The van der Waals surface area contributed by atoms with Crippen LogP contribution >= 0.6 is 0 Å². The van der Waals surface area contributed by atoms with Crippen LogP contribution in [0.1, 0.15) is 22.3 Å². The first-order valence-electron chi connectivity index (χ1n) is 6.89. The molecule has 0 aromatic heterocycles. The molecule has 0 atom stereocenters. The summed E-state index contributed by atoms with van der Waals surface area (Å²) in [6, 6.07) is 6.65. The van der Waals surface area contributed by atoms with E-state index in [1.54, 1.807) is 24.3 Å². The fourth-order valence-corrected chi connectivity index (χ4v) is 3.95. The van der Waals surface area contributed by atoms with Crippen molar-refractivity contribution >= 4 is 16.0 Å². The maximum atomic E-state index is 12.5. The molecule has 0 amide bonds. The van der Waals surface area contributed by atoms with E-state index in [1.807, 2.05) is 0 Å². The van der Waals surface area contributed by atoms with Gasteiger partial charge >= 0.3 is 5.97 Å². The predicted octanol–water partition coefficient (Wildman–Crippen LogP) is 0.598. The number of rotatable bonds is 4. The second-order valence-electron chi connectivity index (χ2n) is 4.91. The smallest absolute Gasteiger partial charge is 0.338 e. The molecule has 1 aromatic carbocycles. The summed E-state index contributed by atoms with van der Waals surface area (Å²) < 4.78 is 31.2. The molecule has 1 heterocycles. The van der Waals surface area contributed by atoms with Crippen LogP contribution in [0.5, 0.6) is 0 Å². The van der Waals surface area contributed by atoms with Gasteiger partial charge in [-0.2, -0.15) is 0 Å². The lowest BCUT2D eigenvalue weighted by atomic mass is 10.1. The van der Waals surface area contributed by atoms with Gasteiger partial charge in [0.05, 0.1) is 18.4 Å². The summed E-state index contributed by atoms with van der Waals surface area (Å²) in [7, 11) is -2.15. The third-order valence-electron chi connectivity index (χ3n) is 3.45. The molecule has 1 N–H and O–H groups in total. The first-order chi connectivity index (χ1) is 10.0. The SMILES string of the molecule is COC(=O)c1ccccc1CS(=O)(=O)N1CCCNCC1. The Morgan fingerprint density at radius 3 is 2.81 bits per heavy atom. The highest BCUT2D eigenvalue weighted by Crippen LogP contribution is 2.17. The molecule has 116 valence electrons. The monoisotopic (exact) mass is 312 g/mol. The van der Waals surface area contributed by atoms with Crippen molar-refractivity contribution in [2.24, 2.45) is 0 Å². The van der Waals surface area contributed by atoms with Gasteiger partial charge in [-0.3, -0.25) is 0 Å². The molecule has 6 nitrogen and oxygen atoms in total. The summed E-state index contributed by atoms with van der Waals surface area (Å²) in [4.78, 5) is 11.7. The zero-order valence-electron chi connectivity index (χ0n) is 12.0. The number of nitrogens with one attached hydrogen (secondary N) is 1. The summed E-state index contributed by atoms with van der Waals surface area (Å²) in [5, 5.41) is 3.17. The number of hydrogen-bond acceptors (Lipinski definition) is 5. The molecule has 1 aliphatic heterocycles. The maximum absolute atomic E-state index is 12.5. The van der Waals surface area contributed by atoms with Crippen molar-refractivity contribution in [1.82, 2.24) is 9.62 Å². The van der Waals surface area contributed by atoms with Gasteiger partial charge in [0, 0.05) is 19.6 Å². The Bertz CT molecular complexity index is 593. The van der Waals surface area contributed by atoms with Gasteiger partial charge in [0.15, 0.2) is 0 Å². The van der Waals surface area contributed by atoms with Gasteiger partial charge in [-0.25, -0.2) is 17.5 Å². The molecular weight excluding hydrogens is 292 g/mol. The third kappa shape index (κ3) is 4.03. The highest BCUT2D eigenvalue weighted by molar-refractivity contribution is 7.88. The van der Waals surface area contributed by atoms with E-state index >= 15 is 0 Å². The van der Waals surface area contributed by atoms with Gasteiger partial charge < -0.3 is 10.1 Å². The Morgan fingerprint density at radius 2 is 2.05 bits per heavy atom. The largest absolute Gasteiger partial charge is 0.465 e. The van der Waals surface area contributed by atoms with Crippen LogP contribution in [0.4, 0.5) is 0 Å². The second kappa shape index (κ2) is 7.02. The van der Waals surface area contributed by atoms with Crippen molar-refractivity contribution in [3.8, 4) is 0 Å². The third-order valence-corrected chi connectivity index (χ3v) is 5.28. The lowest BCUT2D eigenvalue weighted by Crippen LogP contribution is -2.35. The Hall–Kier alpha value is -1.44. The minimum absolute atomic E-state index is 0.182. The number of carbonyl (C=O) groups excluding carboxylic acids is 1. The van der Waals surface area contributed by atoms with E-state index in [0.29, 0.717) is 30.8 Å². The molecule has 21 heavy (non-hydrogen) atoms. The molecular formula is C14H20N2O4S. The highest BCUT2D eigenvalue weighted by atomic mass is 32.2. The second-order valence-corrected chi connectivity index (χ2v) is 6.88. The summed E-state index contributed by atoms with van der Waals surface area (Å²) in [6.45, 7) is 2.45. The molecule has 1 aromatic rings. The van der Waals surface area contributed by atoms with Crippen molar-refractivity contribution in [2.45, 2.75) is 12.2 Å². The molecule has 0 spiro atoms. The van der Waals surface area contributed by atoms with Crippen molar-refractivity contribution in [2.75, 3.05) is 33.3 Å². The number of methoxy groups -OCH3 is 1. The molecule has 7 heteroatoms. The van der Waals surface area contributed by atoms with E-state index in [1.165, 1.54) is 11.4 Å². The van der Waals surface area contributed by atoms with E-state index in [9.17, 15) is 13.2 Å². The number of esters is 1. The fraction of sp³-hybridized carbons (Fsp3) is 0.500. The quantitative estimate of drug-likeness (QED) is 0.824. The lowest BCUT2D eigenvalue weighted by molar-refractivity contribution is 0.0600. The van der Waals surface area contributed by atoms with Crippen LogP contribution in [0.2, 0.25) is 0 Å². The van der Waals surface area contributed by atoms with Gasteiger partial charge in [-0.1, -0.05) is 18.2 Å². The van der Waals surface area contributed by atoms with E-state index in [-0.39, 0.29) is 5.75 Å². The van der Waals surface area contributed by atoms with Crippen molar-refractivity contribution in [1.29, 1.82) is 0 Å². The number of benzene rings is 1. The maximum Gasteiger partial charge on any atom is 0.338 e. The zero-order valence-corrected chi connectivity index (χ0v) is 12.9. The minimum Gasteiger partial charge on any atom is -0.465 e. The van der Waals surface area contributed by atoms with Crippen molar-refractivity contribution < 1.29 is 17.9 Å². The van der Waals surface area contributed by atoms with Crippen LogP contribution in [0.15, 0.2) is 24.3 Å². The number of sulfonamides is 1. The highest BCUT2D eigenvalue weighted by Gasteiger charge is 2.25. The summed E-state index contributed by atoms with van der Waals surface area (Å²) in [5.74, 6) is -0.698. The average molecular weight is 312 g/mol. The van der Waals surface area contributed by atoms with Gasteiger partial charge in [-0.15, -0.1) is 0 Å². The first-order valence-corrected chi connectivity index (χ1v) is 8.50. The normalized spacial score (nSPS) is 17.2. The summed E-state index contributed by atoms with van der Waals surface area (Å²) >= 11 is 0. The Balaban J connectivity index is 2.22. The number of ether oxygens (including phenoxy) is 1. The Kier molecular flexibility index (Phi) is 5.33. The molecule has 2 rings (SSSR count). The number of nitrogens with zero attached hydrogens (tertiary/aromatic N) is 1. The molecule has 0 aliphatic carbocycles. The van der Waals surface area contributed by atoms with Crippen LogP contribution < -0.4 is 5.32 Å². The Labute approximate surface area is 125 Å². The average Bonchev–Trinajstić information content (AvgIpc) is 2.76.